The molecule has 0 atom stereocenters. The van der Waals surface area contributed by atoms with E-state index in [1.807, 2.05) is 24.4 Å². The number of aromatic nitrogens is 1. The van der Waals surface area contributed by atoms with Gasteiger partial charge in [0, 0.05) is 23.2 Å². The molecule has 3 nitrogen and oxygen atoms in total. The SMILES string of the molecule is COc1ccc2cc3cnccc3cc2c1OC.Cl. The predicted octanol–water partition coefficient (Wildman–Crippen LogP) is 3.83. The highest BCUT2D eigenvalue weighted by molar-refractivity contribution is 6.01. The minimum absolute atomic E-state index is 0. The highest BCUT2D eigenvalue weighted by Crippen LogP contribution is 2.37. The van der Waals surface area contributed by atoms with Crippen LogP contribution in [0.5, 0.6) is 11.5 Å². The molecule has 0 bridgehead atoms. The molecule has 1 aromatic heterocycles. The summed E-state index contributed by atoms with van der Waals surface area (Å²) in [5, 5.41) is 4.44. The molecule has 0 aliphatic carbocycles. The van der Waals surface area contributed by atoms with E-state index in [4.69, 9.17) is 9.47 Å². The Kier molecular flexibility index (Phi) is 3.76. The lowest BCUT2D eigenvalue weighted by atomic mass is 10.0. The van der Waals surface area contributed by atoms with E-state index >= 15 is 0 Å². The first-order valence-electron chi connectivity index (χ1n) is 5.72. The van der Waals surface area contributed by atoms with Gasteiger partial charge in [-0.05, 0) is 35.0 Å². The summed E-state index contributed by atoms with van der Waals surface area (Å²) in [5.74, 6) is 1.52. The lowest BCUT2D eigenvalue weighted by Gasteiger charge is -2.11. The summed E-state index contributed by atoms with van der Waals surface area (Å²) in [6.07, 6.45) is 3.66. The summed E-state index contributed by atoms with van der Waals surface area (Å²) in [5.41, 5.74) is 0. The van der Waals surface area contributed by atoms with Crippen molar-refractivity contribution in [2.75, 3.05) is 14.2 Å². The minimum Gasteiger partial charge on any atom is -0.493 e. The molecule has 0 unspecified atom stereocenters. The average molecular weight is 276 g/mol. The second kappa shape index (κ2) is 5.33. The number of hydrogen-bond donors (Lipinski definition) is 0. The number of rotatable bonds is 2. The highest BCUT2D eigenvalue weighted by Gasteiger charge is 2.09. The Morgan fingerprint density at radius 2 is 1.74 bits per heavy atom. The molecule has 0 radical (unpaired) electrons. The third-order valence-electron chi connectivity index (χ3n) is 3.12. The van der Waals surface area contributed by atoms with Crippen LogP contribution in [-0.2, 0) is 0 Å². The third kappa shape index (κ3) is 2.17. The second-order valence-corrected chi connectivity index (χ2v) is 4.10. The van der Waals surface area contributed by atoms with Crippen molar-refractivity contribution in [3.8, 4) is 11.5 Å². The van der Waals surface area contributed by atoms with Crippen LogP contribution in [0.15, 0.2) is 42.7 Å². The first kappa shape index (κ1) is 13.4. The largest absolute Gasteiger partial charge is 0.493 e. The van der Waals surface area contributed by atoms with Crippen LogP contribution >= 0.6 is 12.4 Å². The van der Waals surface area contributed by atoms with Crippen molar-refractivity contribution < 1.29 is 9.47 Å². The summed E-state index contributed by atoms with van der Waals surface area (Å²) >= 11 is 0. The topological polar surface area (TPSA) is 31.4 Å². The van der Waals surface area contributed by atoms with Gasteiger partial charge in [-0.3, -0.25) is 4.98 Å². The number of methoxy groups -OCH3 is 2. The molecule has 0 aliphatic rings. The van der Waals surface area contributed by atoms with Gasteiger partial charge >= 0.3 is 0 Å². The second-order valence-electron chi connectivity index (χ2n) is 4.10. The molecule has 3 aromatic rings. The molecular weight excluding hydrogens is 262 g/mol. The quantitative estimate of drug-likeness (QED) is 0.666. The lowest BCUT2D eigenvalue weighted by Crippen LogP contribution is -1.91. The smallest absolute Gasteiger partial charge is 0.168 e. The Hall–Kier alpha value is -2.00. The summed E-state index contributed by atoms with van der Waals surface area (Å²) in [4.78, 5) is 4.14. The van der Waals surface area contributed by atoms with Crippen LogP contribution in [0.25, 0.3) is 21.5 Å². The van der Waals surface area contributed by atoms with Crippen LogP contribution in [0.1, 0.15) is 0 Å². The van der Waals surface area contributed by atoms with Crippen LogP contribution in [0.4, 0.5) is 0 Å². The van der Waals surface area contributed by atoms with Gasteiger partial charge in [0.05, 0.1) is 14.2 Å². The predicted molar refractivity (Wildman–Crippen MR) is 79.6 cm³/mol. The summed E-state index contributed by atoms with van der Waals surface area (Å²) in [6, 6.07) is 10.2. The number of benzene rings is 2. The molecule has 0 N–H and O–H groups in total. The Bertz CT molecular complexity index is 728. The van der Waals surface area contributed by atoms with Crippen LogP contribution in [-0.4, -0.2) is 19.2 Å². The number of fused-ring (bicyclic) bond motifs is 2. The normalized spacial score (nSPS) is 10.2. The van der Waals surface area contributed by atoms with Crippen LogP contribution in [0.2, 0.25) is 0 Å². The number of pyridine rings is 1. The van der Waals surface area contributed by atoms with Crippen molar-refractivity contribution >= 4 is 34.0 Å². The van der Waals surface area contributed by atoms with Gasteiger partial charge in [-0.15, -0.1) is 12.4 Å². The molecule has 3 rings (SSSR count). The van der Waals surface area contributed by atoms with Gasteiger partial charge in [0.2, 0.25) is 0 Å². The number of halogens is 1. The highest BCUT2D eigenvalue weighted by atomic mass is 35.5. The monoisotopic (exact) mass is 275 g/mol. The Labute approximate surface area is 117 Å². The maximum atomic E-state index is 5.46. The Balaban J connectivity index is 0.00000133. The van der Waals surface area contributed by atoms with E-state index in [0.717, 1.165) is 33.0 Å². The maximum absolute atomic E-state index is 5.46. The zero-order valence-electron chi connectivity index (χ0n) is 10.7. The fourth-order valence-corrected chi connectivity index (χ4v) is 2.23. The number of nitrogens with zero attached hydrogens (tertiary/aromatic N) is 1. The zero-order chi connectivity index (χ0) is 12.5. The van der Waals surface area contributed by atoms with Crippen molar-refractivity contribution in [2.24, 2.45) is 0 Å². The Morgan fingerprint density at radius 1 is 0.895 bits per heavy atom. The van der Waals surface area contributed by atoms with E-state index in [-0.39, 0.29) is 12.4 Å². The molecule has 0 spiro atoms. The minimum atomic E-state index is 0. The summed E-state index contributed by atoms with van der Waals surface area (Å²) < 4.78 is 10.8. The summed E-state index contributed by atoms with van der Waals surface area (Å²) in [7, 11) is 3.31. The first-order chi connectivity index (χ1) is 8.83. The Morgan fingerprint density at radius 3 is 2.47 bits per heavy atom. The molecule has 0 aliphatic heterocycles. The standard InChI is InChI=1S/C15H13NO2.ClH/c1-17-14-4-3-11-7-12-9-16-6-5-10(12)8-13(11)15(14)18-2;/h3-9H,1-2H3;1H. The van der Waals surface area contributed by atoms with E-state index in [9.17, 15) is 0 Å². The van der Waals surface area contributed by atoms with Gasteiger partial charge in [0.1, 0.15) is 0 Å². The van der Waals surface area contributed by atoms with E-state index in [0.29, 0.717) is 0 Å². The molecule has 1 heterocycles. The van der Waals surface area contributed by atoms with Gasteiger partial charge in [0.25, 0.3) is 0 Å². The van der Waals surface area contributed by atoms with E-state index in [1.165, 1.54) is 0 Å². The zero-order valence-corrected chi connectivity index (χ0v) is 11.5. The van der Waals surface area contributed by atoms with Crippen molar-refractivity contribution in [2.45, 2.75) is 0 Å². The maximum Gasteiger partial charge on any atom is 0.168 e. The number of hydrogen-bond acceptors (Lipinski definition) is 3. The van der Waals surface area contributed by atoms with E-state index < -0.39 is 0 Å². The molecule has 0 saturated heterocycles. The van der Waals surface area contributed by atoms with Crippen molar-refractivity contribution in [1.29, 1.82) is 0 Å². The fraction of sp³-hybridized carbons (Fsp3) is 0.133. The molecule has 2 aromatic carbocycles. The molecule has 4 heteroatoms. The van der Waals surface area contributed by atoms with Gasteiger partial charge < -0.3 is 9.47 Å². The van der Waals surface area contributed by atoms with Crippen LogP contribution < -0.4 is 9.47 Å². The van der Waals surface area contributed by atoms with Gasteiger partial charge in [-0.25, -0.2) is 0 Å². The summed E-state index contributed by atoms with van der Waals surface area (Å²) in [6.45, 7) is 0. The number of ether oxygens (including phenoxy) is 2. The molecular formula is C15H14ClNO2. The molecule has 0 fully saturated rings. The molecule has 0 saturated carbocycles. The van der Waals surface area contributed by atoms with Crippen LogP contribution in [0.3, 0.4) is 0 Å². The van der Waals surface area contributed by atoms with E-state index in [2.05, 4.69) is 17.1 Å². The van der Waals surface area contributed by atoms with Crippen molar-refractivity contribution in [1.82, 2.24) is 4.98 Å². The third-order valence-corrected chi connectivity index (χ3v) is 3.12. The lowest BCUT2D eigenvalue weighted by molar-refractivity contribution is 0.358. The molecule has 19 heavy (non-hydrogen) atoms. The van der Waals surface area contributed by atoms with Gasteiger partial charge in [-0.1, -0.05) is 6.07 Å². The van der Waals surface area contributed by atoms with E-state index in [1.54, 1.807) is 20.4 Å². The average Bonchev–Trinajstić information content (AvgIpc) is 2.43. The van der Waals surface area contributed by atoms with Gasteiger partial charge in [-0.2, -0.15) is 0 Å². The van der Waals surface area contributed by atoms with Crippen molar-refractivity contribution in [3.05, 3.63) is 42.7 Å². The van der Waals surface area contributed by atoms with Gasteiger partial charge in [0.15, 0.2) is 11.5 Å². The van der Waals surface area contributed by atoms with Crippen molar-refractivity contribution in [3.63, 3.8) is 0 Å². The van der Waals surface area contributed by atoms with Crippen LogP contribution in [0, 0.1) is 0 Å². The first-order valence-corrected chi connectivity index (χ1v) is 5.72. The fourth-order valence-electron chi connectivity index (χ4n) is 2.23. The molecule has 0 amide bonds. The molecule has 98 valence electrons.